The van der Waals surface area contributed by atoms with Crippen molar-refractivity contribution in [2.75, 3.05) is 21.2 Å². The van der Waals surface area contributed by atoms with Gasteiger partial charge in [0.2, 0.25) is 0 Å². The number of piperidine rings is 1. The minimum Gasteiger partial charge on any atom is -0.497 e. The number of hydrogen-bond donors (Lipinski definition) is 0. The fraction of sp³-hybridized carbons (Fsp3) is 0.474. The van der Waals surface area contributed by atoms with Crippen LogP contribution >= 0.6 is 0 Å². The summed E-state index contributed by atoms with van der Waals surface area (Å²) < 4.78 is 5.19. The first-order valence-electron chi connectivity index (χ1n) is 8.04. The fourth-order valence-corrected chi connectivity index (χ4v) is 3.02. The first-order valence-corrected chi connectivity index (χ1v) is 8.04. The lowest BCUT2D eigenvalue weighted by atomic mass is 9.87. The van der Waals surface area contributed by atoms with Crippen LogP contribution in [0.4, 0.5) is 0 Å². The van der Waals surface area contributed by atoms with Crippen molar-refractivity contribution in [1.82, 2.24) is 9.80 Å². The molecule has 1 aromatic rings. The smallest absolute Gasteiger partial charge is 0.259 e. The molecule has 0 spiro atoms. The molecule has 1 fully saturated rings. The first kappa shape index (κ1) is 18.0. The maximum absolute atomic E-state index is 13.0. The zero-order valence-electron chi connectivity index (χ0n) is 15.3. The Kier molecular flexibility index (Phi) is 5.02. The second-order valence-electron chi connectivity index (χ2n) is 7.27. The third-order valence-corrected chi connectivity index (χ3v) is 4.05. The highest BCUT2D eigenvalue weighted by molar-refractivity contribution is 6.21. The SMILES string of the molecule is COc1ccc(C2CC(=O)/C(=C\N(C)C)C(=O)N2C(C)(C)C)cc1. The van der Waals surface area contributed by atoms with Crippen LogP contribution in [0.25, 0.3) is 0 Å². The van der Waals surface area contributed by atoms with Gasteiger partial charge in [-0.15, -0.1) is 0 Å². The van der Waals surface area contributed by atoms with Crippen molar-refractivity contribution in [3.8, 4) is 5.75 Å². The summed E-state index contributed by atoms with van der Waals surface area (Å²) in [6.07, 6.45) is 1.91. The molecular formula is C19H26N2O3. The minimum atomic E-state index is -0.395. The molecule has 1 unspecified atom stereocenters. The van der Waals surface area contributed by atoms with E-state index < -0.39 is 5.54 Å². The predicted octanol–water partition coefficient (Wildman–Crippen LogP) is 2.78. The zero-order valence-corrected chi connectivity index (χ0v) is 15.3. The second-order valence-corrected chi connectivity index (χ2v) is 7.27. The number of carbonyl (C=O) groups is 2. The molecule has 5 heteroatoms. The van der Waals surface area contributed by atoms with E-state index in [9.17, 15) is 9.59 Å². The van der Waals surface area contributed by atoms with E-state index in [1.165, 1.54) is 0 Å². The van der Waals surface area contributed by atoms with Gasteiger partial charge in [-0.05, 0) is 38.5 Å². The Bertz CT molecular complexity index is 654. The second kappa shape index (κ2) is 6.67. The third kappa shape index (κ3) is 3.61. The van der Waals surface area contributed by atoms with E-state index in [1.54, 1.807) is 18.2 Å². The lowest BCUT2D eigenvalue weighted by Crippen LogP contribution is -2.52. The number of ketones is 1. The monoisotopic (exact) mass is 330 g/mol. The normalized spacial score (nSPS) is 20.5. The van der Waals surface area contributed by atoms with E-state index in [1.807, 2.05) is 64.0 Å². The average Bonchev–Trinajstić information content (AvgIpc) is 2.49. The Labute approximate surface area is 143 Å². The van der Waals surface area contributed by atoms with Crippen molar-refractivity contribution in [3.05, 3.63) is 41.6 Å². The fourth-order valence-electron chi connectivity index (χ4n) is 3.02. The topological polar surface area (TPSA) is 49.9 Å². The standard InChI is InChI=1S/C19H26N2O3/c1-19(2,3)21-16(13-7-9-14(24-6)10-8-13)11-17(22)15(18(21)23)12-20(4)5/h7-10,12,16H,11H2,1-6H3/b15-12+. The molecular weight excluding hydrogens is 304 g/mol. The van der Waals surface area contributed by atoms with Crippen LogP contribution in [0, 0.1) is 0 Å². The highest BCUT2D eigenvalue weighted by Gasteiger charge is 2.42. The van der Waals surface area contributed by atoms with E-state index in [4.69, 9.17) is 4.74 Å². The van der Waals surface area contributed by atoms with E-state index >= 15 is 0 Å². The summed E-state index contributed by atoms with van der Waals surface area (Å²) in [5, 5.41) is 0. The average molecular weight is 330 g/mol. The van der Waals surface area contributed by atoms with E-state index in [0.717, 1.165) is 11.3 Å². The van der Waals surface area contributed by atoms with Crippen LogP contribution in [-0.4, -0.2) is 48.2 Å². The summed E-state index contributed by atoms with van der Waals surface area (Å²) in [5.74, 6) is 0.422. The van der Waals surface area contributed by atoms with Gasteiger partial charge < -0.3 is 14.5 Å². The molecule has 1 atom stereocenters. The Morgan fingerprint density at radius 3 is 2.21 bits per heavy atom. The number of nitrogens with zero attached hydrogens (tertiary/aromatic N) is 2. The molecule has 0 radical (unpaired) electrons. The molecule has 1 saturated heterocycles. The number of hydrogen-bond acceptors (Lipinski definition) is 4. The van der Waals surface area contributed by atoms with Crippen molar-refractivity contribution in [2.24, 2.45) is 0 Å². The highest BCUT2D eigenvalue weighted by atomic mass is 16.5. The van der Waals surface area contributed by atoms with E-state index in [-0.39, 0.29) is 29.7 Å². The molecule has 1 amide bonds. The number of amides is 1. The van der Waals surface area contributed by atoms with Crippen LogP contribution in [0.2, 0.25) is 0 Å². The number of carbonyl (C=O) groups excluding carboxylic acids is 2. The Hall–Kier alpha value is -2.30. The Balaban J connectivity index is 2.47. The summed E-state index contributed by atoms with van der Waals surface area (Å²) in [6, 6.07) is 7.29. The molecule has 0 bridgehead atoms. The molecule has 24 heavy (non-hydrogen) atoms. The summed E-state index contributed by atoms with van der Waals surface area (Å²) in [5.41, 5.74) is 0.796. The van der Waals surface area contributed by atoms with Crippen LogP contribution in [0.3, 0.4) is 0 Å². The lowest BCUT2D eigenvalue weighted by Gasteiger charge is -2.45. The van der Waals surface area contributed by atoms with Crippen LogP contribution in [-0.2, 0) is 9.59 Å². The molecule has 0 aliphatic carbocycles. The molecule has 1 aromatic carbocycles. The molecule has 2 rings (SSSR count). The van der Waals surface area contributed by atoms with Gasteiger partial charge in [-0.1, -0.05) is 12.1 Å². The van der Waals surface area contributed by atoms with Crippen LogP contribution < -0.4 is 4.74 Å². The Morgan fingerprint density at radius 2 is 1.75 bits per heavy atom. The van der Waals surface area contributed by atoms with Crippen molar-refractivity contribution >= 4 is 11.7 Å². The minimum absolute atomic E-state index is 0.116. The molecule has 0 saturated carbocycles. The summed E-state index contributed by atoms with van der Waals surface area (Å²) in [7, 11) is 5.23. The Morgan fingerprint density at radius 1 is 1.17 bits per heavy atom. The number of ether oxygens (including phenoxy) is 1. The maximum Gasteiger partial charge on any atom is 0.259 e. The van der Waals surface area contributed by atoms with Gasteiger partial charge in [0.15, 0.2) is 5.78 Å². The number of methoxy groups -OCH3 is 1. The van der Waals surface area contributed by atoms with Gasteiger partial charge in [-0.3, -0.25) is 9.59 Å². The number of benzene rings is 1. The van der Waals surface area contributed by atoms with Crippen molar-refractivity contribution in [2.45, 2.75) is 38.8 Å². The van der Waals surface area contributed by atoms with Crippen LogP contribution in [0.15, 0.2) is 36.0 Å². The quantitative estimate of drug-likeness (QED) is 0.632. The van der Waals surface area contributed by atoms with Crippen LogP contribution in [0.1, 0.15) is 38.8 Å². The van der Waals surface area contributed by atoms with Gasteiger partial charge >= 0.3 is 0 Å². The molecule has 1 heterocycles. The largest absolute Gasteiger partial charge is 0.497 e. The van der Waals surface area contributed by atoms with Gasteiger partial charge in [-0.2, -0.15) is 0 Å². The highest BCUT2D eigenvalue weighted by Crippen LogP contribution is 2.37. The summed E-state index contributed by atoms with van der Waals surface area (Å²) >= 11 is 0. The number of likely N-dealkylation sites (tertiary alicyclic amines) is 1. The van der Waals surface area contributed by atoms with E-state index in [0.29, 0.717) is 0 Å². The van der Waals surface area contributed by atoms with Crippen molar-refractivity contribution in [1.29, 1.82) is 0 Å². The maximum atomic E-state index is 13.0. The van der Waals surface area contributed by atoms with Gasteiger partial charge in [-0.25, -0.2) is 0 Å². The van der Waals surface area contributed by atoms with Gasteiger partial charge in [0, 0.05) is 32.3 Å². The number of Topliss-reactive ketones (excluding diaryl/α,β-unsaturated/α-hetero) is 1. The third-order valence-electron chi connectivity index (χ3n) is 4.05. The van der Waals surface area contributed by atoms with Crippen LogP contribution in [0.5, 0.6) is 5.75 Å². The molecule has 0 aromatic heterocycles. The summed E-state index contributed by atoms with van der Waals surface area (Å²) in [6.45, 7) is 5.97. The molecule has 1 aliphatic heterocycles. The van der Waals surface area contributed by atoms with Crippen molar-refractivity contribution in [3.63, 3.8) is 0 Å². The molecule has 130 valence electrons. The first-order chi connectivity index (χ1) is 11.1. The van der Waals surface area contributed by atoms with E-state index in [2.05, 4.69) is 0 Å². The summed E-state index contributed by atoms with van der Waals surface area (Å²) in [4.78, 5) is 29.1. The zero-order chi connectivity index (χ0) is 18.1. The number of rotatable bonds is 3. The van der Waals surface area contributed by atoms with Gasteiger partial charge in [0.25, 0.3) is 5.91 Å². The van der Waals surface area contributed by atoms with Gasteiger partial charge in [0.05, 0.1) is 18.7 Å². The lowest BCUT2D eigenvalue weighted by molar-refractivity contribution is -0.142. The molecule has 0 N–H and O–H groups in total. The van der Waals surface area contributed by atoms with Crippen molar-refractivity contribution < 1.29 is 14.3 Å². The van der Waals surface area contributed by atoms with Gasteiger partial charge in [0.1, 0.15) is 5.75 Å². The molecule has 1 aliphatic rings. The molecule has 5 nitrogen and oxygen atoms in total. The predicted molar refractivity (Wildman–Crippen MR) is 93.7 cm³/mol.